The van der Waals surface area contributed by atoms with E-state index in [1.807, 2.05) is 43.9 Å². The van der Waals surface area contributed by atoms with Crippen LogP contribution in [0.25, 0.3) is 0 Å². The highest BCUT2D eigenvalue weighted by molar-refractivity contribution is 5.69. The van der Waals surface area contributed by atoms with E-state index in [0.29, 0.717) is 6.42 Å². The average Bonchev–Trinajstić information content (AvgIpc) is 2.53. The Morgan fingerprint density at radius 1 is 1.32 bits per heavy atom. The number of fused-ring (bicyclic) bond motifs is 1. The number of rotatable bonds is 4. The van der Waals surface area contributed by atoms with E-state index in [0.717, 1.165) is 18.4 Å². The van der Waals surface area contributed by atoms with Crippen LogP contribution >= 0.6 is 0 Å². The van der Waals surface area contributed by atoms with Gasteiger partial charge in [-0.2, -0.15) is 0 Å². The zero-order valence-electron chi connectivity index (χ0n) is 16.5. The first kappa shape index (κ1) is 19.8. The van der Waals surface area contributed by atoms with Gasteiger partial charge >= 0.3 is 6.09 Å². The van der Waals surface area contributed by atoms with Gasteiger partial charge in [-0.3, -0.25) is 0 Å². The van der Waals surface area contributed by atoms with Crippen LogP contribution in [0, 0.1) is 5.92 Å². The molecule has 4 heteroatoms. The molecule has 0 fully saturated rings. The maximum Gasteiger partial charge on any atom is 0.410 e. The number of nitrogens with zero attached hydrogens (tertiary/aromatic N) is 1. The largest absolute Gasteiger partial charge is 0.444 e. The van der Waals surface area contributed by atoms with Crippen molar-refractivity contribution in [2.24, 2.45) is 5.92 Å². The van der Waals surface area contributed by atoms with Crippen LogP contribution in [0.2, 0.25) is 0 Å². The lowest BCUT2D eigenvalue weighted by molar-refractivity contribution is -0.00479. The minimum atomic E-state index is -0.513. The predicted molar refractivity (Wildman–Crippen MR) is 101 cm³/mol. The number of hydrogen-bond donors (Lipinski definition) is 1. The summed E-state index contributed by atoms with van der Waals surface area (Å²) in [6, 6.07) is 8.17. The standard InChI is InChI=1S/C21H33NO3/c1-7-14(2)22(20(24)25-21(4,5)6)15(3)17-12-16-10-8-9-11-18(16)19(23)13-17/h8-11,14-15,17,19,23H,7,12-13H2,1-6H3. The number of hydrogen-bond acceptors (Lipinski definition) is 3. The third kappa shape index (κ3) is 4.75. The van der Waals surface area contributed by atoms with Crippen molar-refractivity contribution in [2.75, 3.05) is 0 Å². The van der Waals surface area contributed by atoms with E-state index in [2.05, 4.69) is 26.8 Å². The van der Waals surface area contributed by atoms with Crippen molar-refractivity contribution < 1.29 is 14.6 Å². The third-order valence-corrected chi connectivity index (χ3v) is 5.21. The molecule has 4 atom stereocenters. The van der Waals surface area contributed by atoms with Crippen molar-refractivity contribution in [3.8, 4) is 0 Å². The van der Waals surface area contributed by atoms with E-state index in [4.69, 9.17) is 4.74 Å². The highest BCUT2D eigenvalue weighted by Gasteiger charge is 2.36. The minimum Gasteiger partial charge on any atom is -0.444 e. The molecular formula is C21H33NO3. The van der Waals surface area contributed by atoms with Gasteiger partial charge in [-0.15, -0.1) is 0 Å². The Morgan fingerprint density at radius 2 is 1.96 bits per heavy atom. The highest BCUT2D eigenvalue weighted by Crippen LogP contribution is 2.36. The third-order valence-electron chi connectivity index (χ3n) is 5.21. The summed E-state index contributed by atoms with van der Waals surface area (Å²) in [5.41, 5.74) is 1.70. The van der Waals surface area contributed by atoms with Crippen LogP contribution in [-0.2, 0) is 11.2 Å². The van der Waals surface area contributed by atoms with E-state index in [-0.39, 0.29) is 24.1 Å². The highest BCUT2D eigenvalue weighted by atomic mass is 16.6. The summed E-state index contributed by atoms with van der Waals surface area (Å²) in [5, 5.41) is 10.5. The SMILES string of the molecule is CCC(C)N(C(=O)OC(C)(C)C)C(C)C1Cc2ccccc2C(O)C1. The lowest BCUT2D eigenvalue weighted by atomic mass is 9.78. The summed E-state index contributed by atoms with van der Waals surface area (Å²) in [6.45, 7) is 11.9. The number of aliphatic hydroxyl groups excluding tert-OH is 1. The fraction of sp³-hybridized carbons (Fsp3) is 0.667. The molecule has 1 aliphatic carbocycles. The molecule has 140 valence electrons. The van der Waals surface area contributed by atoms with Crippen molar-refractivity contribution >= 4 is 6.09 Å². The molecule has 0 aliphatic heterocycles. The molecule has 2 rings (SSSR count). The van der Waals surface area contributed by atoms with E-state index >= 15 is 0 Å². The second-order valence-corrected chi connectivity index (χ2v) is 8.30. The quantitative estimate of drug-likeness (QED) is 0.858. The molecule has 25 heavy (non-hydrogen) atoms. The monoisotopic (exact) mass is 347 g/mol. The van der Waals surface area contributed by atoms with Gasteiger partial charge < -0.3 is 14.7 Å². The number of carbonyl (C=O) groups is 1. The summed E-state index contributed by atoms with van der Waals surface area (Å²) < 4.78 is 5.66. The van der Waals surface area contributed by atoms with Gasteiger partial charge in [0, 0.05) is 12.1 Å². The second kappa shape index (κ2) is 7.77. The topological polar surface area (TPSA) is 49.8 Å². The lowest BCUT2D eigenvalue weighted by Gasteiger charge is -2.41. The summed E-state index contributed by atoms with van der Waals surface area (Å²) in [4.78, 5) is 14.7. The van der Waals surface area contributed by atoms with Crippen LogP contribution in [0.5, 0.6) is 0 Å². The summed E-state index contributed by atoms with van der Waals surface area (Å²) in [6.07, 6.45) is 1.70. The smallest absolute Gasteiger partial charge is 0.410 e. The Kier molecular flexibility index (Phi) is 6.15. The first-order valence-electron chi connectivity index (χ1n) is 9.41. The number of benzene rings is 1. The van der Waals surface area contributed by atoms with E-state index in [9.17, 15) is 9.90 Å². The van der Waals surface area contributed by atoms with Crippen LogP contribution < -0.4 is 0 Å². The zero-order valence-corrected chi connectivity index (χ0v) is 16.5. The molecule has 1 aliphatic rings. The normalized spacial score (nSPS) is 22.7. The van der Waals surface area contributed by atoms with Gasteiger partial charge in [0.25, 0.3) is 0 Å². The molecule has 0 saturated carbocycles. The van der Waals surface area contributed by atoms with Crippen LogP contribution in [0.3, 0.4) is 0 Å². The van der Waals surface area contributed by atoms with Crippen molar-refractivity contribution in [3.63, 3.8) is 0 Å². The predicted octanol–water partition coefficient (Wildman–Crippen LogP) is 4.71. The molecule has 4 unspecified atom stereocenters. The van der Waals surface area contributed by atoms with Gasteiger partial charge in [0.15, 0.2) is 0 Å². The molecule has 1 aromatic rings. The number of aliphatic hydroxyl groups is 1. The molecule has 1 aromatic carbocycles. The van der Waals surface area contributed by atoms with Crippen molar-refractivity contribution in [1.82, 2.24) is 4.90 Å². The molecule has 0 radical (unpaired) electrons. The van der Waals surface area contributed by atoms with Crippen LogP contribution in [0.15, 0.2) is 24.3 Å². The van der Waals surface area contributed by atoms with Crippen LogP contribution in [0.4, 0.5) is 4.79 Å². The first-order valence-corrected chi connectivity index (χ1v) is 9.41. The second-order valence-electron chi connectivity index (χ2n) is 8.30. The molecule has 0 saturated heterocycles. The first-order chi connectivity index (χ1) is 11.6. The Bertz CT molecular complexity index is 593. The minimum absolute atomic E-state index is 0.00723. The van der Waals surface area contributed by atoms with E-state index in [1.54, 1.807) is 0 Å². The van der Waals surface area contributed by atoms with Gasteiger partial charge in [0.2, 0.25) is 0 Å². The Labute approximate surface area is 152 Å². The van der Waals surface area contributed by atoms with Gasteiger partial charge in [0.05, 0.1) is 6.10 Å². The molecule has 4 nitrogen and oxygen atoms in total. The van der Waals surface area contributed by atoms with E-state index in [1.165, 1.54) is 5.56 Å². The van der Waals surface area contributed by atoms with Crippen molar-refractivity contribution in [3.05, 3.63) is 35.4 Å². The van der Waals surface area contributed by atoms with Gasteiger partial charge in [0.1, 0.15) is 5.60 Å². The van der Waals surface area contributed by atoms with Crippen molar-refractivity contribution in [1.29, 1.82) is 0 Å². The Balaban J connectivity index is 2.22. The van der Waals surface area contributed by atoms with Crippen LogP contribution in [-0.4, -0.2) is 33.8 Å². The maximum atomic E-state index is 12.8. The molecule has 0 spiro atoms. The molecule has 0 bridgehead atoms. The molecular weight excluding hydrogens is 314 g/mol. The zero-order chi connectivity index (χ0) is 18.8. The number of amides is 1. The van der Waals surface area contributed by atoms with Gasteiger partial charge in [-0.1, -0.05) is 31.2 Å². The summed E-state index contributed by atoms with van der Waals surface area (Å²) in [7, 11) is 0. The van der Waals surface area contributed by atoms with Crippen molar-refractivity contribution in [2.45, 2.75) is 84.6 Å². The number of carbonyl (C=O) groups excluding carboxylic acids is 1. The maximum absolute atomic E-state index is 12.8. The summed E-state index contributed by atoms with van der Waals surface area (Å²) in [5.74, 6) is 0.214. The summed E-state index contributed by atoms with van der Waals surface area (Å²) >= 11 is 0. The van der Waals surface area contributed by atoms with Gasteiger partial charge in [-0.25, -0.2) is 4.79 Å². The fourth-order valence-corrected chi connectivity index (χ4v) is 3.68. The van der Waals surface area contributed by atoms with E-state index < -0.39 is 11.7 Å². The molecule has 1 amide bonds. The Morgan fingerprint density at radius 3 is 2.56 bits per heavy atom. The molecule has 0 heterocycles. The molecule has 1 N–H and O–H groups in total. The van der Waals surface area contributed by atoms with Gasteiger partial charge in [-0.05, 0) is 70.9 Å². The van der Waals surface area contributed by atoms with Crippen LogP contribution in [0.1, 0.15) is 71.6 Å². The lowest BCUT2D eigenvalue weighted by Crippen LogP contribution is -2.50. The fourth-order valence-electron chi connectivity index (χ4n) is 3.68. The average molecular weight is 347 g/mol. The Hall–Kier alpha value is -1.55. The molecule has 0 aromatic heterocycles. The number of ether oxygens (including phenoxy) is 1.